The Morgan fingerprint density at radius 3 is 2.62 bits per heavy atom. The maximum atomic E-state index is 5.43. The first-order valence-electron chi connectivity index (χ1n) is 5.11. The van der Waals surface area contributed by atoms with Crippen LogP contribution in [0.15, 0.2) is 4.99 Å². The predicted molar refractivity (Wildman–Crippen MR) is 55.3 cm³/mol. The molecule has 0 aromatic carbocycles. The van der Waals surface area contributed by atoms with E-state index in [9.17, 15) is 0 Å². The van der Waals surface area contributed by atoms with Gasteiger partial charge >= 0.3 is 0 Å². The minimum atomic E-state index is 0.682. The Labute approximate surface area is 80.2 Å². The summed E-state index contributed by atoms with van der Waals surface area (Å²) in [7, 11) is 0. The average Bonchev–Trinajstić information content (AvgIpc) is 2.94. The second kappa shape index (κ2) is 5.07. The summed E-state index contributed by atoms with van der Waals surface area (Å²) < 4.78 is 0. The lowest BCUT2D eigenvalue weighted by Gasteiger charge is -2.24. The van der Waals surface area contributed by atoms with Crippen molar-refractivity contribution in [1.82, 2.24) is 10.3 Å². The summed E-state index contributed by atoms with van der Waals surface area (Å²) in [6, 6.07) is 0.682. The minimum absolute atomic E-state index is 0.682. The van der Waals surface area contributed by atoms with E-state index in [2.05, 4.69) is 22.2 Å². The van der Waals surface area contributed by atoms with Crippen molar-refractivity contribution in [3.05, 3.63) is 0 Å². The molecule has 1 rings (SSSR count). The van der Waals surface area contributed by atoms with Crippen LogP contribution in [0.5, 0.6) is 0 Å². The summed E-state index contributed by atoms with van der Waals surface area (Å²) in [6.07, 6.45) is 3.70. The summed E-state index contributed by atoms with van der Waals surface area (Å²) in [5.74, 6) is 6.29. The fourth-order valence-electron chi connectivity index (χ4n) is 1.46. The fourth-order valence-corrected chi connectivity index (χ4v) is 1.46. The summed E-state index contributed by atoms with van der Waals surface area (Å²) in [5, 5.41) is 0. The number of rotatable bonds is 4. The van der Waals surface area contributed by atoms with E-state index in [4.69, 9.17) is 5.84 Å². The van der Waals surface area contributed by atoms with Gasteiger partial charge in [0.2, 0.25) is 5.96 Å². The van der Waals surface area contributed by atoms with Crippen molar-refractivity contribution < 1.29 is 0 Å². The number of nitrogens with zero attached hydrogens (tertiary/aromatic N) is 2. The summed E-state index contributed by atoms with van der Waals surface area (Å²) in [6.45, 7) is 6.03. The SMILES string of the molecule is CCCN(C(=NCC)NN)C1CC1. The second-order valence-corrected chi connectivity index (χ2v) is 3.37. The molecule has 0 saturated heterocycles. The van der Waals surface area contributed by atoms with E-state index >= 15 is 0 Å². The van der Waals surface area contributed by atoms with Crippen LogP contribution in [0.3, 0.4) is 0 Å². The number of nitrogens with two attached hydrogens (primary N) is 1. The van der Waals surface area contributed by atoms with Crippen LogP contribution < -0.4 is 11.3 Å². The fraction of sp³-hybridized carbons (Fsp3) is 0.889. The van der Waals surface area contributed by atoms with E-state index < -0.39 is 0 Å². The van der Waals surface area contributed by atoms with Crippen molar-refractivity contribution >= 4 is 5.96 Å². The molecule has 4 nitrogen and oxygen atoms in total. The number of hydrazine groups is 1. The lowest BCUT2D eigenvalue weighted by atomic mass is 10.4. The van der Waals surface area contributed by atoms with Gasteiger partial charge in [0.1, 0.15) is 0 Å². The number of hydrogen-bond acceptors (Lipinski definition) is 2. The zero-order valence-electron chi connectivity index (χ0n) is 8.58. The molecule has 1 aliphatic carbocycles. The van der Waals surface area contributed by atoms with Crippen LogP contribution in [-0.4, -0.2) is 30.0 Å². The Bertz CT molecular complexity index is 174. The lowest BCUT2D eigenvalue weighted by molar-refractivity contribution is 0.392. The monoisotopic (exact) mass is 184 g/mol. The molecule has 3 N–H and O–H groups in total. The normalized spacial score (nSPS) is 17.3. The first-order valence-corrected chi connectivity index (χ1v) is 5.11. The average molecular weight is 184 g/mol. The van der Waals surface area contributed by atoms with Crippen LogP contribution in [-0.2, 0) is 0 Å². The van der Waals surface area contributed by atoms with E-state index in [1.165, 1.54) is 12.8 Å². The number of aliphatic imine (C=N–C) groups is 1. The zero-order valence-corrected chi connectivity index (χ0v) is 8.58. The quantitative estimate of drug-likeness (QED) is 0.293. The molecule has 13 heavy (non-hydrogen) atoms. The van der Waals surface area contributed by atoms with E-state index in [-0.39, 0.29) is 0 Å². The summed E-state index contributed by atoms with van der Waals surface area (Å²) in [4.78, 5) is 6.61. The maximum absolute atomic E-state index is 5.43. The van der Waals surface area contributed by atoms with Gasteiger partial charge in [0.15, 0.2) is 0 Å². The van der Waals surface area contributed by atoms with Crippen molar-refractivity contribution in [3.63, 3.8) is 0 Å². The third-order valence-electron chi connectivity index (χ3n) is 2.16. The van der Waals surface area contributed by atoms with Gasteiger partial charge in [-0.05, 0) is 26.2 Å². The van der Waals surface area contributed by atoms with Crippen LogP contribution in [0, 0.1) is 0 Å². The molecule has 4 heteroatoms. The molecule has 0 bridgehead atoms. The molecule has 0 atom stereocenters. The number of nitrogens with one attached hydrogen (secondary N) is 1. The highest BCUT2D eigenvalue weighted by Crippen LogP contribution is 2.26. The molecule has 76 valence electrons. The Morgan fingerprint density at radius 1 is 1.54 bits per heavy atom. The van der Waals surface area contributed by atoms with Crippen molar-refractivity contribution in [3.8, 4) is 0 Å². The number of hydrogen-bond donors (Lipinski definition) is 2. The Kier molecular flexibility index (Phi) is 4.02. The Morgan fingerprint density at radius 2 is 2.23 bits per heavy atom. The number of guanidine groups is 1. The van der Waals surface area contributed by atoms with Gasteiger partial charge in [-0.1, -0.05) is 6.92 Å². The van der Waals surface area contributed by atoms with E-state index in [0.717, 1.165) is 25.5 Å². The predicted octanol–water partition coefficient (Wildman–Crippen LogP) is 0.700. The third kappa shape index (κ3) is 2.88. The van der Waals surface area contributed by atoms with Gasteiger partial charge in [-0.25, -0.2) is 5.84 Å². The molecule has 0 unspecified atom stereocenters. The van der Waals surface area contributed by atoms with E-state index in [1.807, 2.05) is 6.92 Å². The van der Waals surface area contributed by atoms with E-state index in [1.54, 1.807) is 0 Å². The van der Waals surface area contributed by atoms with Crippen LogP contribution in [0.1, 0.15) is 33.1 Å². The van der Waals surface area contributed by atoms with E-state index in [0.29, 0.717) is 6.04 Å². The highest BCUT2D eigenvalue weighted by Gasteiger charge is 2.30. The van der Waals surface area contributed by atoms with Gasteiger partial charge in [0.05, 0.1) is 0 Å². The Hall–Kier alpha value is -0.770. The van der Waals surface area contributed by atoms with Crippen molar-refractivity contribution in [1.29, 1.82) is 0 Å². The van der Waals surface area contributed by atoms with Crippen molar-refractivity contribution in [2.45, 2.75) is 39.2 Å². The molecule has 1 saturated carbocycles. The van der Waals surface area contributed by atoms with Gasteiger partial charge in [-0.15, -0.1) is 0 Å². The van der Waals surface area contributed by atoms with Crippen LogP contribution >= 0.6 is 0 Å². The van der Waals surface area contributed by atoms with Crippen LogP contribution in [0.2, 0.25) is 0 Å². The maximum Gasteiger partial charge on any atom is 0.208 e. The molecule has 0 aromatic heterocycles. The molecule has 0 aromatic rings. The Balaban J connectivity index is 2.54. The highest BCUT2D eigenvalue weighted by atomic mass is 15.4. The summed E-state index contributed by atoms with van der Waals surface area (Å²) in [5.41, 5.74) is 2.69. The van der Waals surface area contributed by atoms with Crippen molar-refractivity contribution in [2.75, 3.05) is 13.1 Å². The van der Waals surface area contributed by atoms with Gasteiger partial charge < -0.3 is 4.90 Å². The molecule has 0 heterocycles. The van der Waals surface area contributed by atoms with Crippen molar-refractivity contribution in [2.24, 2.45) is 10.8 Å². The molecule has 0 aliphatic heterocycles. The standard InChI is InChI=1S/C9H20N4/c1-3-7-13(8-5-6-8)9(12-10)11-4-2/h8H,3-7,10H2,1-2H3,(H,11,12). The zero-order chi connectivity index (χ0) is 9.68. The molecular weight excluding hydrogens is 164 g/mol. The van der Waals surface area contributed by atoms with Crippen LogP contribution in [0.4, 0.5) is 0 Å². The topological polar surface area (TPSA) is 53.6 Å². The minimum Gasteiger partial charge on any atom is -0.339 e. The first-order chi connectivity index (χ1) is 6.33. The van der Waals surface area contributed by atoms with Crippen LogP contribution in [0.25, 0.3) is 0 Å². The molecular formula is C9H20N4. The largest absolute Gasteiger partial charge is 0.339 e. The van der Waals surface area contributed by atoms with Gasteiger partial charge in [0.25, 0.3) is 0 Å². The summed E-state index contributed by atoms with van der Waals surface area (Å²) >= 11 is 0. The van der Waals surface area contributed by atoms with Gasteiger partial charge in [-0.2, -0.15) is 0 Å². The van der Waals surface area contributed by atoms with Gasteiger partial charge in [-0.3, -0.25) is 10.4 Å². The molecule has 0 spiro atoms. The lowest BCUT2D eigenvalue weighted by Crippen LogP contribution is -2.46. The second-order valence-electron chi connectivity index (χ2n) is 3.37. The van der Waals surface area contributed by atoms with Gasteiger partial charge in [0, 0.05) is 19.1 Å². The molecule has 1 aliphatic rings. The molecule has 1 fully saturated rings. The third-order valence-corrected chi connectivity index (χ3v) is 2.16. The molecule has 0 radical (unpaired) electrons. The molecule has 0 amide bonds. The first kappa shape index (κ1) is 10.3. The smallest absolute Gasteiger partial charge is 0.208 e. The highest BCUT2D eigenvalue weighted by molar-refractivity contribution is 5.80.